The van der Waals surface area contributed by atoms with Crippen LogP contribution in [0.25, 0.3) is 0 Å². The molecule has 1 heterocycles. The van der Waals surface area contributed by atoms with Gasteiger partial charge in [0.2, 0.25) is 0 Å². The lowest BCUT2D eigenvalue weighted by atomic mass is 10.1. The van der Waals surface area contributed by atoms with E-state index in [4.69, 9.17) is 0 Å². The van der Waals surface area contributed by atoms with Crippen LogP contribution in [0.2, 0.25) is 0 Å². The van der Waals surface area contributed by atoms with Gasteiger partial charge in [0, 0.05) is 18.7 Å². The molecule has 0 unspecified atom stereocenters. The van der Waals surface area contributed by atoms with E-state index in [1.807, 2.05) is 29.2 Å². The molecule has 0 fully saturated rings. The Morgan fingerprint density at radius 2 is 2.25 bits per heavy atom. The highest BCUT2D eigenvalue weighted by Crippen LogP contribution is 2.32. The molecule has 1 N–H and O–H groups in total. The summed E-state index contributed by atoms with van der Waals surface area (Å²) in [7, 11) is 0. The van der Waals surface area contributed by atoms with Crippen LogP contribution >= 0.6 is 0 Å². The van der Waals surface area contributed by atoms with E-state index in [1.165, 1.54) is 0 Å². The maximum Gasteiger partial charge on any atom is 0.326 e. The van der Waals surface area contributed by atoms with E-state index >= 15 is 0 Å². The van der Waals surface area contributed by atoms with Gasteiger partial charge in [-0.15, -0.1) is 0 Å². The number of hydrogen-bond acceptors (Lipinski definition) is 2. The van der Waals surface area contributed by atoms with Gasteiger partial charge in [0.05, 0.1) is 0 Å². The molecule has 1 aliphatic heterocycles. The summed E-state index contributed by atoms with van der Waals surface area (Å²) in [4.78, 5) is 13.2. The van der Waals surface area contributed by atoms with Crippen molar-refractivity contribution in [3.8, 4) is 0 Å². The highest BCUT2D eigenvalue weighted by Gasteiger charge is 2.33. The van der Waals surface area contributed by atoms with Gasteiger partial charge in [-0.2, -0.15) is 0 Å². The minimum atomic E-state index is -0.715. The molecule has 1 aromatic carbocycles. The Balaban J connectivity index is 2.25. The monoisotopic (exact) mass is 219 g/mol. The van der Waals surface area contributed by atoms with E-state index in [0.717, 1.165) is 30.6 Å². The van der Waals surface area contributed by atoms with Crippen molar-refractivity contribution in [3.63, 3.8) is 0 Å². The largest absolute Gasteiger partial charge is 0.480 e. The first kappa shape index (κ1) is 11.0. The smallest absolute Gasteiger partial charge is 0.326 e. The number of hydrogen-bond donors (Lipinski definition) is 1. The summed E-state index contributed by atoms with van der Waals surface area (Å²) in [6.45, 7) is 2.96. The van der Waals surface area contributed by atoms with Crippen molar-refractivity contribution in [1.82, 2.24) is 0 Å². The molecule has 1 aromatic rings. The summed E-state index contributed by atoms with van der Waals surface area (Å²) in [6, 6.07) is 7.62. The lowest BCUT2D eigenvalue weighted by Gasteiger charge is -2.24. The number of rotatable bonds is 4. The van der Waals surface area contributed by atoms with Gasteiger partial charge in [-0.25, -0.2) is 4.79 Å². The van der Waals surface area contributed by atoms with Crippen molar-refractivity contribution >= 4 is 11.7 Å². The van der Waals surface area contributed by atoms with Crippen molar-refractivity contribution in [2.24, 2.45) is 0 Å². The number of para-hydroxylation sites is 1. The first-order chi connectivity index (χ1) is 7.74. The van der Waals surface area contributed by atoms with Crippen LogP contribution in [0.15, 0.2) is 24.3 Å². The van der Waals surface area contributed by atoms with E-state index in [1.54, 1.807) is 0 Å². The molecule has 0 aromatic heterocycles. The van der Waals surface area contributed by atoms with E-state index in [-0.39, 0.29) is 6.04 Å². The molecule has 86 valence electrons. The highest BCUT2D eigenvalue weighted by molar-refractivity contribution is 5.82. The van der Waals surface area contributed by atoms with Crippen LogP contribution in [0.1, 0.15) is 25.3 Å². The lowest BCUT2D eigenvalue weighted by Crippen LogP contribution is -2.39. The van der Waals surface area contributed by atoms with Gasteiger partial charge in [0.25, 0.3) is 0 Å². The van der Waals surface area contributed by atoms with E-state index in [2.05, 4.69) is 6.92 Å². The molecule has 0 saturated carbocycles. The maximum atomic E-state index is 11.2. The molecule has 2 rings (SSSR count). The molecule has 1 atom stereocenters. The Kier molecular flexibility index (Phi) is 3.13. The van der Waals surface area contributed by atoms with Crippen LogP contribution < -0.4 is 4.90 Å². The molecular weight excluding hydrogens is 202 g/mol. The number of carbonyl (C=O) groups is 1. The normalized spacial score (nSPS) is 18.6. The summed E-state index contributed by atoms with van der Waals surface area (Å²) >= 11 is 0. The predicted molar refractivity (Wildman–Crippen MR) is 63.8 cm³/mol. The molecule has 3 nitrogen and oxygen atoms in total. The highest BCUT2D eigenvalue weighted by atomic mass is 16.4. The maximum absolute atomic E-state index is 11.2. The molecule has 0 saturated heterocycles. The number of anilines is 1. The third kappa shape index (κ3) is 1.90. The number of aliphatic carboxylic acids is 1. The third-order valence-electron chi connectivity index (χ3n) is 3.13. The SMILES string of the molecule is CCCCN1c2ccccc2C[C@@H]1C(=O)O. The molecule has 0 radical (unpaired) electrons. The Hall–Kier alpha value is -1.51. The van der Waals surface area contributed by atoms with Crippen molar-refractivity contribution in [3.05, 3.63) is 29.8 Å². The average Bonchev–Trinajstić information content (AvgIpc) is 2.65. The minimum absolute atomic E-state index is 0.371. The average molecular weight is 219 g/mol. The minimum Gasteiger partial charge on any atom is -0.480 e. The van der Waals surface area contributed by atoms with Crippen molar-refractivity contribution in [1.29, 1.82) is 0 Å². The number of nitrogens with zero attached hydrogens (tertiary/aromatic N) is 1. The first-order valence-corrected chi connectivity index (χ1v) is 5.81. The molecule has 1 aliphatic rings. The van der Waals surface area contributed by atoms with Gasteiger partial charge >= 0.3 is 5.97 Å². The van der Waals surface area contributed by atoms with Crippen LogP contribution in [0.4, 0.5) is 5.69 Å². The summed E-state index contributed by atoms with van der Waals surface area (Å²) < 4.78 is 0. The summed E-state index contributed by atoms with van der Waals surface area (Å²) in [5.74, 6) is -0.715. The number of carboxylic acid groups (broad SMARTS) is 1. The van der Waals surface area contributed by atoms with Gasteiger partial charge in [-0.1, -0.05) is 31.5 Å². The quantitative estimate of drug-likeness (QED) is 0.844. The summed E-state index contributed by atoms with van der Waals surface area (Å²) in [5.41, 5.74) is 2.26. The second-order valence-corrected chi connectivity index (χ2v) is 4.23. The van der Waals surface area contributed by atoms with Gasteiger partial charge in [0.1, 0.15) is 6.04 Å². The van der Waals surface area contributed by atoms with Crippen molar-refractivity contribution < 1.29 is 9.90 Å². The number of unbranched alkanes of at least 4 members (excludes halogenated alkanes) is 1. The number of carboxylic acids is 1. The Labute approximate surface area is 95.7 Å². The fraction of sp³-hybridized carbons (Fsp3) is 0.462. The van der Waals surface area contributed by atoms with Crippen LogP contribution in [-0.4, -0.2) is 23.7 Å². The predicted octanol–water partition coefficient (Wildman–Crippen LogP) is 2.30. The molecule has 0 spiro atoms. The van der Waals surface area contributed by atoms with Crippen molar-refractivity contribution in [2.45, 2.75) is 32.2 Å². The molecule has 16 heavy (non-hydrogen) atoms. The molecule has 3 heteroatoms. The second-order valence-electron chi connectivity index (χ2n) is 4.23. The number of fused-ring (bicyclic) bond motifs is 1. The lowest BCUT2D eigenvalue weighted by molar-refractivity contribution is -0.138. The standard InChI is InChI=1S/C13H17NO2/c1-2-3-8-14-11-7-5-4-6-10(11)9-12(14)13(15)16/h4-7,12H,2-3,8-9H2,1H3,(H,15,16)/t12-/m1/s1. The van der Waals surface area contributed by atoms with E-state index < -0.39 is 5.97 Å². The second kappa shape index (κ2) is 4.56. The fourth-order valence-electron chi connectivity index (χ4n) is 2.28. The molecule has 0 bridgehead atoms. The Morgan fingerprint density at radius 3 is 2.94 bits per heavy atom. The Morgan fingerprint density at radius 1 is 1.50 bits per heavy atom. The molecule has 0 amide bonds. The fourth-order valence-corrected chi connectivity index (χ4v) is 2.28. The van der Waals surface area contributed by atoms with Crippen molar-refractivity contribution in [2.75, 3.05) is 11.4 Å². The van der Waals surface area contributed by atoms with Crippen LogP contribution in [-0.2, 0) is 11.2 Å². The third-order valence-corrected chi connectivity index (χ3v) is 3.13. The van der Waals surface area contributed by atoms with E-state index in [0.29, 0.717) is 6.42 Å². The first-order valence-electron chi connectivity index (χ1n) is 5.81. The number of benzene rings is 1. The zero-order valence-corrected chi connectivity index (χ0v) is 9.52. The molecule has 0 aliphatic carbocycles. The zero-order valence-electron chi connectivity index (χ0n) is 9.52. The topological polar surface area (TPSA) is 40.5 Å². The van der Waals surface area contributed by atoms with Crippen LogP contribution in [0.5, 0.6) is 0 Å². The van der Waals surface area contributed by atoms with Crippen LogP contribution in [0.3, 0.4) is 0 Å². The van der Waals surface area contributed by atoms with Gasteiger partial charge in [-0.3, -0.25) is 0 Å². The van der Waals surface area contributed by atoms with Crippen LogP contribution in [0, 0.1) is 0 Å². The molecular formula is C13H17NO2. The van der Waals surface area contributed by atoms with Gasteiger partial charge < -0.3 is 10.0 Å². The summed E-state index contributed by atoms with van der Waals surface area (Å²) in [5, 5.41) is 9.21. The van der Waals surface area contributed by atoms with Gasteiger partial charge in [-0.05, 0) is 18.1 Å². The zero-order chi connectivity index (χ0) is 11.5. The van der Waals surface area contributed by atoms with Gasteiger partial charge in [0.15, 0.2) is 0 Å². The summed E-state index contributed by atoms with van der Waals surface area (Å²) in [6.07, 6.45) is 2.76. The van der Waals surface area contributed by atoms with E-state index in [9.17, 15) is 9.90 Å². The Bertz CT molecular complexity index is 389.